The van der Waals surface area contributed by atoms with E-state index in [9.17, 15) is 4.79 Å². The Morgan fingerprint density at radius 3 is 1.86 bits per heavy atom. The van der Waals surface area contributed by atoms with Crippen LogP contribution in [0.25, 0.3) is 0 Å². The van der Waals surface area contributed by atoms with Crippen molar-refractivity contribution < 1.29 is 4.79 Å². The van der Waals surface area contributed by atoms with Crippen molar-refractivity contribution in [3.8, 4) is 0 Å². The van der Waals surface area contributed by atoms with Gasteiger partial charge in [0.05, 0.1) is 0 Å². The molecule has 1 aromatic carbocycles. The SMILES string of the molecule is CCC(C)(C)C(=O)Nc1c(CC(C)C)cccc1CC(C)C. The van der Waals surface area contributed by atoms with E-state index < -0.39 is 0 Å². The number of benzene rings is 1. The van der Waals surface area contributed by atoms with Crippen LogP contribution in [-0.4, -0.2) is 5.91 Å². The fraction of sp³-hybridized carbons (Fsp3) is 0.650. The van der Waals surface area contributed by atoms with Crippen molar-refractivity contribution in [1.82, 2.24) is 0 Å². The number of amides is 1. The molecule has 1 rings (SSSR count). The Labute approximate surface area is 136 Å². The Hall–Kier alpha value is -1.31. The van der Waals surface area contributed by atoms with E-state index in [1.165, 1.54) is 11.1 Å². The fourth-order valence-electron chi connectivity index (χ4n) is 2.48. The van der Waals surface area contributed by atoms with Gasteiger partial charge in [0.2, 0.25) is 5.91 Å². The topological polar surface area (TPSA) is 29.1 Å². The Balaban J connectivity index is 3.18. The first-order valence-electron chi connectivity index (χ1n) is 8.59. The van der Waals surface area contributed by atoms with Crippen LogP contribution in [-0.2, 0) is 17.6 Å². The smallest absolute Gasteiger partial charge is 0.230 e. The fourth-order valence-corrected chi connectivity index (χ4v) is 2.48. The molecule has 1 N–H and O–H groups in total. The van der Waals surface area contributed by atoms with Crippen LogP contribution in [0.5, 0.6) is 0 Å². The molecule has 0 aromatic heterocycles. The first kappa shape index (κ1) is 18.7. The number of rotatable bonds is 7. The molecule has 1 aromatic rings. The van der Waals surface area contributed by atoms with Crippen molar-refractivity contribution in [2.45, 2.75) is 67.7 Å². The molecule has 0 atom stereocenters. The van der Waals surface area contributed by atoms with Crippen LogP contribution in [0, 0.1) is 17.3 Å². The van der Waals surface area contributed by atoms with Crippen molar-refractivity contribution in [2.24, 2.45) is 17.3 Å². The lowest BCUT2D eigenvalue weighted by Gasteiger charge is -2.25. The lowest BCUT2D eigenvalue weighted by Crippen LogP contribution is -2.31. The van der Waals surface area contributed by atoms with Gasteiger partial charge in [-0.15, -0.1) is 0 Å². The Bertz CT molecular complexity index is 472. The Kier molecular flexibility index (Phi) is 6.65. The summed E-state index contributed by atoms with van der Waals surface area (Å²) >= 11 is 0. The second-order valence-electron chi connectivity index (χ2n) is 7.84. The summed E-state index contributed by atoms with van der Waals surface area (Å²) in [7, 11) is 0. The zero-order valence-electron chi connectivity index (χ0n) is 15.4. The van der Waals surface area contributed by atoms with E-state index in [0.29, 0.717) is 11.8 Å². The van der Waals surface area contributed by atoms with Crippen molar-refractivity contribution in [2.75, 3.05) is 5.32 Å². The van der Waals surface area contributed by atoms with E-state index in [1.807, 2.05) is 13.8 Å². The first-order valence-corrected chi connectivity index (χ1v) is 8.59. The van der Waals surface area contributed by atoms with Crippen molar-refractivity contribution >= 4 is 11.6 Å². The van der Waals surface area contributed by atoms with Gasteiger partial charge in [0, 0.05) is 11.1 Å². The summed E-state index contributed by atoms with van der Waals surface area (Å²) in [5, 5.41) is 3.24. The average Bonchev–Trinajstić information content (AvgIpc) is 2.40. The lowest BCUT2D eigenvalue weighted by atomic mass is 9.88. The second-order valence-corrected chi connectivity index (χ2v) is 7.84. The molecule has 0 fully saturated rings. The molecule has 0 radical (unpaired) electrons. The van der Waals surface area contributed by atoms with Gasteiger partial charge in [-0.25, -0.2) is 0 Å². The number of anilines is 1. The van der Waals surface area contributed by atoms with Crippen LogP contribution >= 0.6 is 0 Å². The highest BCUT2D eigenvalue weighted by molar-refractivity contribution is 5.96. The normalized spacial score (nSPS) is 12.0. The monoisotopic (exact) mass is 303 g/mol. The summed E-state index contributed by atoms with van der Waals surface area (Å²) in [5.41, 5.74) is 3.23. The zero-order chi connectivity index (χ0) is 16.9. The van der Waals surface area contributed by atoms with Gasteiger partial charge in [-0.2, -0.15) is 0 Å². The highest BCUT2D eigenvalue weighted by Crippen LogP contribution is 2.29. The maximum absolute atomic E-state index is 12.6. The van der Waals surface area contributed by atoms with Crippen LogP contribution in [0.15, 0.2) is 18.2 Å². The van der Waals surface area contributed by atoms with E-state index in [4.69, 9.17) is 0 Å². The summed E-state index contributed by atoms with van der Waals surface area (Å²) in [6, 6.07) is 6.42. The molecule has 0 bridgehead atoms. The molecule has 124 valence electrons. The largest absolute Gasteiger partial charge is 0.325 e. The van der Waals surface area contributed by atoms with Gasteiger partial charge < -0.3 is 5.32 Å². The first-order chi connectivity index (χ1) is 10.2. The molecule has 0 unspecified atom stereocenters. The molecule has 0 saturated carbocycles. The molecular formula is C20H33NO. The standard InChI is InChI=1S/C20H33NO/c1-8-20(6,7)19(22)21-18-16(12-14(2)3)10-9-11-17(18)13-15(4)5/h9-11,14-15H,8,12-13H2,1-7H3,(H,21,22). The van der Waals surface area contributed by atoms with Crippen molar-refractivity contribution in [3.05, 3.63) is 29.3 Å². The third kappa shape index (κ3) is 5.15. The van der Waals surface area contributed by atoms with Gasteiger partial charge >= 0.3 is 0 Å². The number of nitrogens with one attached hydrogen (secondary N) is 1. The van der Waals surface area contributed by atoms with Gasteiger partial charge in [0.1, 0.15) is 0 Å². The van der Waals surface area contributed by atoms with Crippen molar-refractivity contribution in [1.29, 1.82) is 0 Å². The van der Waals surface area contributed by atoms with Crippen LogP contribution < -0.4 is 5.32 Å². The Morgan fingerprint density at radius 1 is 1.05 bits per heavy atom. The van der Waals surface area contributed by atoms with Crippen LogP contribution in [0.1, 0.15) is 66.0 Å². The molecule has 22 heavy (non-hydrogen) atoms. The second kappa shape index (κ2) is 7.80. The van der Waals surface area contributed by atoms with E-state index in [0.717, 1.165) is 24.9 Å². The minimum absolute atomic E-state index is 0.121. The van der Waals surface area contributed by atoms with Gasteiger partial charge in [0.15, 0.2) is 0 Å². The van der Waals surface area contributed by atoms with Crippen LogP contribution in [0.4, 0.5) is 5.69 Å². The summed E-state index contributed by atoms with van der Waals surface area (Å²) < 4.78 is 0. The molecule has 2 heteroatoms. The van der Waals surface area contributed by atoms with E-state index in [-0.39, 0.29) is 11.3 Å². The predicted molar refractivity (Wildman–Crippen MR) is 96.2 cm³/mol. The maximum Gasteiger partial charge on any atom is 0.230 e. The lowest BCUT2D eigenvalue weighted by molar-refractivity contribution is -0.124. The summed E-state index contributed by atoms with van der Waals surface area (Å²) in [6.45, 7) is 15.0. The summed E-state index contributed by atoms with van der Waals surface area (Å²) in [5.74, 6) is 1.27. The third-order valence-electron chi connectivity index (χ3n) is 4.23. The van der Waals surface area contributed by atoms with Gasteiger partial charge in [-0.05, 0) is 42.2 Å². The highest BCUT2D eigenvalue weighted by Gasteiger charge is 2.26. The zero-order valence-corrected chi connectivity index (χ0v) is 15.4. The molecular weight excluding hydrogens is 270 g/mol. The van der Waals surface area contributed by atoms with Gasteiger partial charge in [-0.3, -0.25) is 4.79 Å². The minimum Gasteiger partial charge on any atom is -0.325 e. The molecule has 0 saturated heterocycles. The van der Waals surface area contributed by atoms with E-state index in [2.05, 4.69) is 58.1 Å². The predicted octanol–water partition coefficient (Wildman–Crippen LogP) is 5.46. The van der Waals surface area contributed by atoms with Gasteiger partial charge in [0.25, 0.3) is 0 Å². The molecule has 2 nitrogen and oxygen atoms in total. The molecule has 0 heterocycles. The Morgan fingerprint density at radius 2 is 1.50 bits per heavy atom. The number of carbonyl (C=O) groups is 1. The molecule has 0 aliphatic carbocycles. The third-order valence-corrected chi connectivity index (χ3v) is 4.23. The van der Waals surface area contributed by atoms with Crippen LogP contribution in [0.3, 0.4) is 0 Å². The molecule has 0 spiro atoms. The summed E-state index contributed by atoms with van der Waals surface area (Å²) in [4.78, 5) is 12.6. The van der Waals surface area contributed by atoms with Crippen LogP contribution in [0.2, 0.25) is 0 Å². The average molecular weight is 303 g/mol. The highest BCUT2D eigenvalue weighted by atomic mass is 16.2. The van der Waals surface area contributed by atoms with E-state index >= 15 is 0 Å². The number of carbonyl (C=O) groups excluding carboxylic acids is 1. The number of hydrogen-bond donors (Lipinski definition) is 1. The maximum atomic E-state index is 12.6. The van der Waals surface area contributed by atoms with Crippen molar-refractivity contribution in [3.63, 3.8) is 0 Å². The van der Waals surface area contributed by atoms with Gasteiger partial charge in [-0.1, -0.05) is 66.7 Å². The molecule has 0 aliphatic rings. The quantitative estimate of drug-likeness (QED) is 0.712. The number of para-hydroxylation sites is 1. The minimum atomic E-state index is -0.333. The van der Waals surface area contributed by atoms with E-state index in [1.54, 1.807) is 0 Å². The molecule has 0 aliphatic heterocycles. The summed E-state index contributed by atoms with van der Waals surface area (Å²) in [6.07, 6.45) is 2.83. The molecule has 1 amide bonds. The number of hydrogen-bond acceptors (Lipinski definition) is 1.